The largest absolute Gasteiger partial charge is 0.480 e. The Balaban J connectivity index is 2.10. The highest BCUT2D eigenvalue weighted by molar-refractivity contribution is 5.79. The summed E-state index contributed by atoms with van der Waals surface area (Å²) in [6.07, 6.45) is 0.258. The van der Waals surface area contributed by atoms with E-state index in [1.165, 1.54) is 0 Å². The summed E-state index contributed by atoms with van der Waals surface area (Å²) in [7, 11) is 0. The predicted molar refractivity (Wildman–Crippen MR) is 60.8 cm³/mol. The van der Waals surface area contributed by atoms with E-state index in [2.05, 4.69) is 0 Å². The third-order valence-corrected chi connectivity index (χ3v) is 3.26. The first-order valence-electron chi connectivity index (χ1n) is 5.70. The fourth-order valence-corrected chi connectivity index (χ4v) is 2.18. The van der Waals surface area contributed by atoms with E-state index in [1.54, 1.807) is 4.90 Å². The maximum Gasteiger partial charge on any atom is 0.325 e. The van der Waals surface area contributed by atoms with Crippen molar-refractivity contribution in [1.82, 2.24) is 4.90 Å². The van der Waals surface area contributed by atoms with Crippen LogP contribution in [0.4, 0.5) is 13.2 Å². The van der Waals surface area contributed by atoms with Gasteiger partial charge in [-0.2, -0.15) is 0 Å². The van der Waals surface area contributed by atoms with E-state index in [-0.39, 0.29) is 25.1 Å². The number of carboxylic acids is 1. The zero-order valence-electron chi connectivity index (χ0n) is 10.00. The normalized spacial score (nSPS) is 23.8. The van der Waals surface area contributed by atoms with Gasteiger partial charge in [0.05, 0.1) is 0 Å². The van der Waals surface area contributed by atoms with Crippen LogP contribution in [-0.2, 0) is 11.3 Å². The van der Waals surface area contributed by atoms with Crippen molar-refractivity contribution in [2.75, 3.05) is 13.1 Å². The molecule has 1 atom stereocenters. The zero-order chi connectivity index (χ0) is 14.2. The number of rotatable bonds is 3. The lowest BCUT2D eigenvalue weighted by molar-refractivity contribution is -0.142. The maximum atomic E-state index is 13.0. The summed E-state index contributed by atoms with van der Waals surface area (Å²) in [4.78, 5) is 12.6. The molecule has 19 heavy (non-hydrogen) atoms. The number of nitrogens with zero attached hydrogens (tertiary/aromatic N) is 1. The Labute approximate surface area is 107 Å². The summed E-state index contributed by atoms with van der Waals surface area (Å²) in [6, 6.07) is 1.80. The molecule has 1 aromatic rings. The molecule has 3 N–H and O–H groups in total. The number of halogens is 3. The van der Waals surface area contributed by atoms with Crippen molar-refractivity contribution in [3.8, 4) is 0 Å². The van der Waals surface area contributed by atoms with Gasteiger partial charge in [-0.25, -0.2) is 13.2 Å². The van der Waals surface area contributed by atoms with Crippen LogP contribution in [0, 0.1) is 17.5 Å². The van der Waals surface area contributed by atoms with Crippen LogP contribution < -0.4 is 5.73 Å². The van der Waals surface area contributed by atoms with Gasteiger partial charge in [-0.1, -0.05) is 0 Å². The molecule has 0 saturated carbocycles. The monoisotopic (exact) mass is 274 g/mol. The molecule has 1 heterocycles. The second kappa shape index (κ2) is 4.82. The van der Waals surface area contributed by atoms with Crippen LogP contribution in [0.2, 0.25) is 0 Å². The van der Waals surface area contributed by atoms with Gasteiger partial charge >= 0.3 is 5.97 Å². The van der Waals surface area contributed by atoms with Gasteiger partial charge < -0.3 is 10.8 Å². The van der Waals surface area contributed by atoms with Gasteiger partial charge in [0.1, 0.15) is 5.54 Å². The van der Waals surface area contributed by atoms with Crippen LogP contribution in [0.25, 0.3) is 0 Å². The Morgan fingerprint density at radius 2 is 1.95 bits per heavy atom. The molecule has 7 heteroatoms. The fraction of sp³-hybridized carbons (Fsp3) is 0.417. The van der Waals surface area contributed by atoms with Gasteiger partial charge in [-0.05, 0) is 24.1 Å². The first-order valence-corrected chi connectivity index (χ1v) is 5.70. The topological polar surface area (TPSA) is 66.6 Å². The number of aliphatic carboxylic acids is 1. The molecule has 1 aromatic carbocycles. The second-order valence-corrected chi connectivity index (χ2v) is 4.80. The number of carboxylic acid groups (broad SMARTS) is 1. The van der Waals surface area contributed by atoms with Crippen LogP contribution in [-0.4, -0.2) is 34.6 Å². The summed E-state index contributed by atoms with van der Waals surface area (Å²) in [6.45, 7) is 0.618. The van der Waals surface area contributed by atoms with E-state index in [4.69, 9.17) is 10.8 Å². The van der Waals surface area contributed by atoms with Gasteiger partial charge in [0.15, 0.2) is 17.5 Å². The van der Waals surface area contributed by atoms with Crippen molar-refractivity contribution in [2.45, 2.75) is 18.5 Å². The molecular formula is C12H13F3N2O2. The molecule has 0 amide bonds. The van der Waals surface area contributed by atoms with Crippen molar-refractivity contribution < 1.29 is 23.1 Å². The first kappa shape index (κ1) is 13.8. The number of hydrogen-bond donors (Lipinski definition) is 2. The zero-order valence-corrected chi connectivity index (χ0v) is 10.00. The highest BCUT2D eigenvalue weighted by Crippen LogP contribution is 2.22. The van der Waals surface area contributed by atoms with Crippen LogP contribution in [0.3, 0.4) is 0 Å². The molecule has 104 valence electrons. The average molecular weight is 274 g/mol. The SMILES string of the molecule is NC1(C(=O)O)CCN(Cc2cc(F)c(F)c(F)c2)C1. The molecule has 0 spiro atoms. The summed E-state index contributed by atoms with van der Waals surface area (Å²) in [5.74, 6) is -5.13. The number of nitrogens with two attached hydrogens (primary N) is 1. The number of carbonyl (C=O) groups is 1. The van der Waals surface area contributed by atoms with E-state index in [0.717, 1.165) is 12.1 Å². The summed E-state index contributed by atoms with van der Waals surface area (Å²) < 4.78 is 38.9. The van der Waals surface area contributed by atoms with E-state index >= 15 is 0 Å². The van der Waals surface area contributed by atoms with Crippen molar-refractivity contribution in [1.29, 1.82) is 0 Å². The van der Waals surface area contributed by atoms with E-state index in [0.29, 0.717) is 6.54 Å². The minimum atomic E-state index is -1.51. The Morgan fingerprint density at radius 3 is 2.42 bits per heavy atom. The molecule has 0 aromatic heterocycles. The first-order chi connectivity index (χ1) is 8.82. The quantitative estimate of drug-likeness (QED) is 0.810. The molecule has 0 radical (unpaired) electrons. The van der Waals surface area contributed by atoms with Gasteiger partial charge in [0.25, 0.3) is 0 Å². The third-order valence-electron chi connectivity index (χ3n) is 3.26. The molecule has 4 nitrogen and oxygen atoms in total. The Bertz CT molecular complexity index is 501. The Kier molecular flexibility index (Phi) is 3.51. The average Bonchev–Trinajstić information content (AvgIpc) is 2.69. The standard InChI is InChI=1S/C12H13F3N2O2/c13-8-3-7(4-9(14)10(8)15)5-17-2-1-12(16,6-17)11(18)19/h3-4H,1-2,5-6,16H2,(H,18,19). The molecule has 1 unspecified atom stereocenters. The molecule has 1 saturated heterocycles. The maximum absolute atomic E-state index is 13.0. The number of benzene rings is 1. The van der Waals surface area contributed by atoms with E-state index in [9.17, 15) is 18.0 Å². The van der Waals surface area contributed by atoms with Gasteiger partial charge in [-0.15, -0.1) is 0 Å². The van der Waals surface area contributed by atoms with E-state index in [1.807, 2.05) is 0 Å². The predicted octanol–water partition coefficient (Wildman–Crippen LogP) is 1.09. The lowest BCUT2D eigenvalue weighted by atomic mass is 10.0. The van der Waals surface area contributed by atoms with E-state index < -0.39 is 29.0 Å². The van der Waals surface area contributed by atoms with Crippen molar-refractivity contribution >= 4 is 5.97 Å². The van der Waals surface area contributed by atoms with Crippen molar-refractivity contribution in [3.63, 3.8) is 0 Å². The highest BCUT2D eigenvalue weighted by atomic mass is 19.2. The summed E-state index contributed by atoms with van der Waals surface area (Å²) in [5, 5.41) is 8.96. The second-order valence-electron chi connectivity index (χ2n) is 4.80. The molecule has 1 aliphatic rings. The van der Waals surface area contributed by atoms with Crippen LogP contribution in [0.5, 0.6) is 0 Å². The van der Waals surface area contributed by atoms with Gasteiger partial charge in [-0.3, -0.25) is 9.69 Å². The van der Waals surface area contributed by atoms with Crippen molar-refractivity contribution in [2.24, 2.45) is 5.73 Å². The Morgan fingerprint density at radius 1 is 1.37 bits per heavy atom. The Hall–Kier alpha value is -1.60. The number of hydrogen-bond acceptors (Lipinski definition) is 3. The lowest BCUT2D eigenvalue weighted by Gasteiger charge is -2.20. The smallest absolute Gasteiger partial charge is 0.325 e. The summed E-state index contributed by atoms with van der Waals surface area (Å²) in [5.41, 5.74) is 4.59. The van der Waals surface area contributed by atoms with Crippen LogP contribution in [0.15, 0.2) is 12.1 Å². The van der Waals surface area contributed by atoms with Gasteiger partial charge in [0, 0.05) is 19.6 Å². The van der Waals surface area contributed by atoms with Crippen LogP contribution >= 0.6 is 0 Å². The minimum absolute atomic E-state index is 0.0863. The van der Waals surface area contributed by atoms with Crippen LogP contribution in [0.1, 0.15) is 12.0 Å². The molecule has 1 fully saturated rings. The fourth-order valence-electron chi connectivity index (χ4n) is 2.18. The minimum Gasteiger partial charge on any atom is -0.480 e. The third kappa shape index (κ3) is 2.71. The molecule has 0 aliphatic carbocycles. The van der Waals surface area contributed by atoms with Crippen molar-refractivity contribution in [3.05, 3.63) is 35.1 Å². The summed E-state index contributed by atoms with van der Waals surface area (Å²) >= 11 is 0. The van der Waals surface area contributed by atoms with Gasteiger partial charge in [0.2, 0.25) is 0 Å². The number of likely N-dealkylation sites (tertiary alicyclic amines) is 1. The molecule has 2 rings (SSSR count). The molecular weight excluding hydrogens is 261 g/mol. The lowest BCUT2D eigenvalue weighted by Crippen LogP contribution is -2.50. The molecule has 0 bridgehead atoms. The highest BCUT2D eigenvalue weighted by Gasteiger charge is 2.41. The molecule has 1 aliphatic heterocycles.